The van der Waals surface area contributed by atoms with Crippen molar-refractivity contribution < 1.29 is 0 Å². The fourth-order valence-corrected chi connectivity index (χ4v) is 2.82. The van der Waals surface area contributed by atoms with Crippen molar-refractivity contribution in [1.82, 2.24) is 0 Å². The van der Waals surface area contributed by atoms with Gasteiger partial charge in [0, 0.05) is 0 Å². The molecular formula is C11H18. The van der Waals surface area contributed by atoms with Gasteiger partial charge in [0.1, 0.15) is 0 Å². The van der Waals surface area contributed by atoms with Crippen molar-refractivity contribution in [3.63, 3.8) is 0 Å². The molecule has 1 saturated carbocycles. The van der Waals surface area contributed by atoms with Crippen molar-refractivity contribution in [3.05, 3.63) is 11.6 Å². The third-order valence-corrected chi connectivity index (χ3v) is 3.42. The minimum Gasteiger partial charge on any atom is -0.0822 e. The maximum absolute atomic E-state index is 2.54. The van der Waals surface area contributed by atoms with Crippen LogP contribution in [0.4, 0.5) is 0 Å². The zero-order chi connectivity index (χ0) is 7.84. The zero-order valence-corrected chi connectivity index (χ0v) is 7.64. The van der Waals surface area contributed by atoms with E-state index in [1.54, 1.807) is 5.57 Å². The summed E-state index contributed by atoms with van der Waals surface area (Å²) in [6.45, 7) is 4.74. The molecule has 0 nitrogen and oxygen atoms in total. The largest absolute Gasteiger partial charge is 0.0822 e. The Hall–Kier alpha value is -0.260. The summed E-state index contributed by atoms with van der Waals surface area (Å²) in [5.41, 5.74) is 1.69. The molecule has 0 radical (unpaired) electrons. The molecule has 0 spiro atoms. The molecular weight excluding hydrogens is 132 g/mol. The van der Waals surface area contributed by atoms with E-state index in [1.807, 2.05) is 0 Å². The highest BCUT2D eigenvalue weighted by atomic mass is 14.3. The third-order valence-electron chi connectivity index (χ3n) is 3.42. The first-order chi connectivity index (χ1) is 5.25. The Morgan fingerprint density at radius 1 is 1.27 bits per heavy atom. The van der Waals surface area contributed by atoms with Crippen LogP contribution in [-0.4, -0.2) is 0 Å². The second-order valence-electron chi connectivity index (χ2n) is 4.52. The maximum Gasteiger partial charge on any atom is -0.0203 e. The molecule has 0 saturated heterocycles. The second-order valence-corrected chi connectivity index (χ2v) is 4.52. The first kappa shape index (κ1) is 7.39. The number of hydrogen-bond donors (Lipinski definition) is 0. The molecule has 0 amide bonds. The van der Waals surface area contributed by atoms with Crippen LogP contribution in [0.15, 0.2) is 11.6 Å². The lowest BCUT2D eigenvalue weighted by atomic mass is 9.85. The van der Waals surface area contributed by atoms with E-state index in [0.717, 1.165) is 17.8 Å². The van der Waals surface area contributed by atoms with E-state index in [4.69, 9.17) is 0 Å². The summed E-state index contributed by atoms with van der Waals surface area (Å²) in [6.07, 6.45) is 8.38. The van der Waals surface area contributed by atoms with Gasteiger partial charge >= 0.3 is 0 Å². The average molecular weight is 150 g/mol. The predicted molar refractivity (Wildman–Crippen MR) is 48.4 cm³/mol. The molecule has 3 atom stereocenters. The number of allylic oxidation sites excluding steroid dienone is 2. The summed E-state index contributed by atoms with van der Waals surface area (Å²) >= 11 is 0. The Kier molecular flexibility index (Phi) is 1.78. The maximum atomic E-state index is 2.54. The summed E-state index contributed by atoms with van der Waals surface area (Å²) < 4.78 is 0. The van der Waals surface area contributed by atoms with Gasteiger partial charge in [-0.15, -0.1) is 0 Å². The molecule has 62 valence electrons. The van der Waals surface area contributed by atoms with Crippen LogP contribution >= 0.6 is 0 Å². The molecule has 2 bridgehead atoms. The lowest BCUT2D eigenvalue weighted by molar-refractivity contribution is 0.444. The van der Waals surface area contributed by atoms with Gasteiger partial charge in [0.25, 0.3) is 0 Å². The van der Waals surface area contributed by atoms with E-state index in [0.29, 0.717) is 0 Å². The molecule has 3 rings (SSSR count). The van der Waals surface area contributed by atoms with Gasteiger partial charge in [-0.2, -0.15) is 0 Å². The topological polar surface area (TPSA) is 0 Å². The number of hydrogen-bond acceptors (Lipinski definition) is 0. The first-order valence-corrected chi connectivity index (χ1v) is 4.94. The summed E-state index contributed by atoms with van der Waals surface area (Å²) in [7, 11) is 0. The van der Waals surface area contributed by atoms with Gasteiger partial charge in [-0.25, -0.2) is 0 Å². The van der Waals surface area contributed by atoms with Crippen molar-refractivity contribution in [2.75, 3.05) is 0 Å². The standard InChI is InChI=1S/C11H18/c1-8-5-10-3-4-11(6-8)9(2)7-10/h7-8,10-11H,3-6H2,1-2H3. The Bertz CT molecular complexity index is 178. The summed E-state index contributed by atoms with van der Waals surface area (Å²) in [5.74, 6) is 2.86. The van der Waals surface area contributed by atoms with E-state index in [-0.39, 0.29) is 0 Å². The zero-order valence-electron chi connectivity index (χ0n) is 7.64. The Balaban J connectivity index is 2.21. The van der Waals surface area contributed by atoms with Crippen LogP contribution in [0.1, 0.15) is 39.5 Å². The predicted octanol–water partition coefficient (Wildman–Crippen LogP) is 3.39. The van der Waals surface area contributed by atoms with Gasteiger partial charge in [-0.05, 0) is 50.4 Å². The smallest absolute Gasteiger partial charge is 0.0203 e. The van der Waals surface area contributed by atoms with Gasteiger partial charge in [-0.3, -0.25) is 0 Å². The van der Waals surface area contributed by atoms with Crippen LogP contribution in [0.25, 0.3) is 0 Å². The van der Waals surface area contributed by atoms with Gasteiger partial charge in [0.2, 0.25) is 0 Å². The fourth-order valence-electron chi connectivity index (χ4n) is 2.82. The number of rotatable bonds is 0. The van der Waals surface area contributed by atoms with Gasteiger partial charge in [0.15, 0.2) is 0 Å². The van der Waals surface area contributed by atoms with Crippen molar-refractivity contribution in [2.24, 2.45) is 17.8 Å². The average Bonchev–Trinajstić information content (AvgIpc) is 2.16. The van der Waals surface area contributed by atoms with Gasteiger partial charge in [-0.1, -0.05) is 18.6 Å². The molecule has 0 heteroatoms. The highest BCUT2D eigenvalue weighted by Gasteiger charge is 2.27. The van der Waals surface area contributed by atoms with Crippen LogP contribution in [0.3, 0.4) is 0 Å². The summed E-state index contributed by atoms with van der Waals surface area (Å²) in [5, 5.41) is 0. The van der Waals surface area contributed by atoms with Crippen molar-refractivity contribution in [2.45, 2.75) is 39.5 Å². The fraction of sp³-hybridized carbons (Fsp3) is 0.818. The number of fused-ring (bicyclic) bond motifs is 3. The summed E-state index contributed by atoms with van der Waals surface area (Å²) in [6, 6.07) is 0. The van der Waals surface area contributed by atoms with Crippen LogP contribution in [-0.2, 0) is 0 Å². The summed E-state index contributed by atoms with van der Waals surface area (Å²) in [4.78, 5) is 0. The Labute approximate surface area is 69.7 Å². The van der Waals surface area contributed by atoms with Gasteiger partial charge in [0.05, 0.1) is 0 Å². The third kappa shape index (κ3) is 1.36. The van der Waals surface area contributed by atoms with E-state index < -0.39 is 0 Å². The van der Waals surface area contributed by atoms with Crippen LogP contribution < -0.4 is 0 Å². The lowest BCUT2D eigenvalue weighted by Crippen LogP contribution is -2.07. The monoisotopic (exact) mass is 150 g/mol. The quantitative estimate of drug-likeness (QED) is 0.464. The molecule has 1 fully saturated rings. The molecule has 11 heavy (non-hydrogen) atoms. The molecule has 3 aliphatic rings. The first-order valence-electron chi connectivity index (χ1n) is 4.94. The SMILES string of the molecule is CC1=CC2CCC1CC(C)C2. The minimum atomic E-state index is 0.934. The van der Waals surface area contributed by atoms with Gasteiger partial charge < -0.3 is 0 Å². The molecule has 0 aromatic carbocycles. The highest BCUT2D eigenvalue weighted by Crippen LogP contribution is 2.40. The highest BCUT2D eigenvalue weighted by molar-refractivity contribution is 5.12. The molecule has 3 aliphatic carbocycles. The molecule has 3 unspecified atom stereocenters. The molecule has 0 heterocycles. The van der Waals surface area contributed by atoms with E-state index in [2.05, 4.69) is 19.9 Å². The van der Waals surface area contributed by atoms with Crippen LogP contribution in [0.5, 0.6) is 0 Å². The molecule has 0 aliphatic heterocycles. The van der Waals surface area contributed by atoms with Crippen molar-refractivity contribution in [1.29, 1.82) is 0 Å². The van der Waals surface area contributed by atoms with Crippen molar-refractivity contribution in [3.8, 4) is 0 Å². The molecule has 0 aromatic rings. The molecule has 0 aromatic heterocycles. The van der Waals surface area contributed by atoms with Crippen molar-refractivity contribution >= 4 is 0 Å². The van der Waals surface area contributed by atoms with Crippen LogP contribution in [0, 0.1) is 17.8 Å². The van der Waals surface area contributed by atoms with E-state index in [9.17, 15) is 0 Å². The Morgan fingerprint density at radius 3 is 2.82 bits per heavy atom. The van der Waals surface area contributed by atoms with E-state index in [1.165, 1.54) is 25.7 Å². The molecule has 0 N–H and O–H groups in total. The normalized spacial score (nSPS) is 43.5. The second kappa shape index (κ2) is 2.66. The van der Waals surface area contributed by atoms with E-state index >= 15 is 0 Å². The Morgan fingerprint density at radius 2 is 2.09 bits per heavy atom. The minimum absolute atomic E-state index is 0.934. The lowest BCUT2D eigenvalue weighted by Gasteiger charge is -2.21. The van der Waals surface area contributed by atoms with Crippen LogP contribution in [0.2, 0.25) is 0 Å².